The number of nitrogens with one attached hydrogen (secondary N) is 2. The maximum absolute atomic E-state index is 3.44. The van der Waals surface area contributed by atoms with E-state index in [1.165, 1.54) is 15.5 Å². The van der Waals surface area contributed by atoms with Crippen molar-refractivity contribution in [1.29, 1.82) is 0 Å². The molecular formula is C9H4Br2N2Se. The molecule has 2 N–H and O–H groups in total. The second-order valence-corrected chi connectivity index (χ2v) is 5.71. The molecule has 1 aliphatic carbocycles. The molecule has 2 aromatic heterocycles. The molecule has 5 heteroatoms. The zero-order chi connectivity index (χ0) is 9.87. The molecule has 0 aliphatic heterocycles. The Bertz CT molecular complexity index is 505. The molecule has 2 heterocycles. The van der Waals surface area contributed by atoms with E-state index in [0.29, 0.717) is 0 Å². The molecule has 0 spiro atoms. The minimum absolute atomic E-state index is 1.01. The first-order chi connectivity index (χ1) is 6.66. The average molecular weight is 379 g/mol. The van der Waals surface area contributed by atoms with Gasteiger partial charge in [0, 0.05) is 0 Å². The fraction of sp³-hybridized carbons (Fsp3) is 0. The molecule has 0 radical (unpaired) electrons. The van der Waals surface area contributed by atoms with Crippen LogP contribution in [0.4, 0.5) is 0 Å². The Labute approximate surface area is 105 Å². The van der Waals surface area contributed by atoms with Crippen LogP contribution in [-0.2, 0) is 0 Å². The number of hydrogen-bond acceptors (Lipinski definition) is 0. The van der Waals surface area contributed by atoms with Gasteiger partial charge in [-0.1, -0.05) is 0 Å². The minimum atomic E-state index is 1.01. The predicted molar refractivity (Wildman–Crippen MR) is 64.9 cm³/mol. The molecule has 3 rings (SSSR count). The Kier molecular flexibility index (Phi) is 1.93. The summed E-state index contributed by atoms with van der Waals surface area (Å²) in [4.78, 5) is 6.56. The van der Waals surface area contributed by atoms with Crippen LogP contribution in [0.1, 0.15) is 11.1 Å². The van der Waals surface area contributed by atoms with Crippen molar-refractivity contribution in [2.24, 2.45) is 0 Å². The number of H-pyrrole nitrogens is 2. The van der Waals surface area contributed by atoms with Crippen molar-refractivity contribution < 1.29 is 0 Å². The summed E-state index contributed by atoms with van der Waals surface area (Å²) >= 11 is 9.98. The van der Waals surface area contributed by atoms with E-state index < -0.39 is 0 Å². The molecule has 2 nitrogen and oxygen atoms in total. The van der Waals surface area contributed by atoms with E-state index >= 15 is 0 Å². The summed E-state index contributed by atoms with van der Waals surface area (Å²) in [5.74, 6) is 0. The average Bonchev–Trinajstić information content (AvgIpc) is 2.71. The van der Waals surface area contributed by atoms with E-state index in [1.807, 2.05) is 0 Å². The zero-order valence-electron chi connectivity index (χ0n) is 6.82. The van der Waals surface area contributed by atoms with Gasteiger partial charge in [-0.05, 0) is 0 Å². The molecule has 14 heavy (non-hydrogen) atoms. The first-order valence-corrected chi connectivity index (χ1v) is 6.43. The van der Waals surface area contributed by atoms with Gasteiger partial charge in [0.15, 0.2) is 0 Å². The number of rotatable bonds is 0. The van der Waals surface area contributed by atoms with Crippen molar-refractivity contribution in [3.63, 3.8) is 0 Å². The van der Waals surface area contributed by atoms with E-state index in [1.54, 1.807) is 0 Å². The zero-order valence-corrected chi connectivity index (χ0v) is 11.7. The topological polar surface area (TPSA) is 31.6 Å². The van der Waals surface area contributed by atoms with Gasteiger partial charge in [0.2, 0.25) is 0 Å². The number of hydrogen-bond donors (Lipinski definition) is 2. The van der Waals surface area contributed by atoms with Crippen LogP contribution in [0.25, 0.3) is 11.4 Å². The summed E-state index contributed by atoms with van der Waals surface area (Å²) in [7, 11) is 0. The molecule has 0 saturated heterocycles. The van der Waals surface area contributed by atoms with Gasteiger partial charge in [-0.3, -0.25) is 0 Å². The normalized spacial score (nSPS) is 13.1. The maximum atomic E-state index is 3.44. The van der Waals surface area contributed by atoms with Gasteiger partial charge < -0.3 is 0 Å². The van der Waals surface area contributed by atoms with Crippen LogP contribution in [0.3, 0.4) is 0 Å². The van der Waals surface area contributed by atoms with Crippen LogP contribution >= 0.6 is 31.9 Å². The Morgan fingerprint density at radius 2 is 1.36 bits per heavy atom. The summed E-state index contributed by atoms with van der Waals surface area (Å²) in [5.41, 5.74) is 4.74. The van der Waals surface area contributed by atoms with Crippen molar-refractivity contribution in [1.82, 2.24) is 9.97 Å². The predicted octanol–water partition coefficient (Wildman–Crippen LogP) is 2.59. The van der Waals surface area contributed by atoms with Gasteiger partial charge >= 0.3 is 106 Å². The molecule has 0 bridgehead atoms. The Balaban J connectivity index is 2.37. The summed E-state index contributed by atoms with van der Waals surface area (Å²) < 4.78 is 3.21. The molecular weight excluding hydrogens is 375 g/mol. The monoisotopic (exact) mass is 378 g/mol. The quantitative estimate of drug-likeness (QED) is 0.563. The van der Waals surface area contributed by atoms with Crippen LogP contribution in [-0.4, -0.2) is 30.0 Å². The molecule has 1 aliphatic rings. The first-order valence-electron chi connectivity index (χ1n) is 3.99. The Morgan fingerprint density at radius 3 is 1.79 bits per heavy atom. The van der Waals surface area contributed by atoms with E-state index in [4.69, 9.17) is 0 Å². The molecule has 2 aromatic rings. The molecule has 0 atom stereocenters. The van der Waals surface area contributed by atoms with Gasteiger partial charge in [0.1, 0.15) is 0 Å². The van der Waals surface area contributed by atoms with Gasteiger partial charge in [-0.25, -0.2) is 0 Å². The second-order valence-electron chi connectivity index (χ2n) is 3.14. The van der Waals surface area contributed by atoms with E-state index in [9.17, 15) is 0 Å². The molecule has 70 valence electrons. The third kappa shape index (κ3) is 1.10. The van der Waals surface area contributed by atoms with Gasteiger partial charge in [-0.15, -0.1) is 0 Å². The van der Waals surface area contributed by atoms with Gasteiger partial charge in [-0.2, -0.15) is 0 Å². The summed E-state index contributed by atoms with van der Waals surface area (Å²) in [6.07, 6.45) is 0. The van der Waals surface area contributed by atoms with Crippen LogP contribution in [0.2, 0.25) is 0 Å². The SMILES string of the molecule is [Se]=C1c2cc(Br)[nH]c2-c2[nH]c(Br)cc21. The summed E-state index contributed by atoms with van der Waals surface area (Å²) in [6, 6.07) is 4.17. The van der Waals surface area contributed by atoms with Crippen molar-refractivity contribution in [3.05, 3.63) is 32.5 Å². The summed E-state index contributed by atoms with van der Waals surface area (Å²) in [6.45, 7) is 0. The third-order valence-electron chi connectivity index (χ3n) is 2.31. The standard InChI is InChI=1S/C9H4Br2N2Se/c10-5-1-3-7(12-5)8-4(9(3)14)2-6(11)13-8/h1-2,12-13H. The van der Waals surface area contributed by atoms with Gasteiger partial charge in [0.05, 0.1) is 0 Å². The van der Waals surface area contributed by atoms with E-state index in [-0.39, 0.29) is 0 Å². The number of halogens is 2. The van der Waals surface area contributed by atoms with Crippen molar-refractivity contribution in [3.8, 4) is 11.4 Å². The van der Waals surface area contributed by atoms with E-state index in [2.05, 4.69) is 69.5 Å². The second kappa shape index (κ2) is 2.95. The molecule has 0 unspecified atom stereocenters. The number of aromatic amines is 2. The van der Waals surface area contributed by atoms with Crippen LogP contribution in [0.5, 0.6) is 0 Å². The third-order valence-corrected chi connectivity index (χ3v) is 4.09. The van der Waals surface area contributed by atoms with Crippen molar-refractivity contribution in [2.75, 3.05) is 0 Å². The first kappa shape index (κ1) is 9.16. The van der Waals surface area contributed by atoms with Crippen molar-refractivity contribution in [2.45, 2.75) is 0 Å². The van der Waals surface area contributed by atoms with Crippen LogP contribution in [0, 0.1) is 0 Å². The van der Waals surface area contributed by atoms with Crippen LogP contribution < -0.4 is 0 Å². The fourth-order valence-electron chi connectivity index (χ4n) is 1.74. The Hall–Kier alpha value is -0.0905. The summed E-state index contributed by atoms with van der Waals surface area (Å²) in [5, 5.41) is 0. The van der Waals surface area contributed by atoms with E-state index in [0.717, 1.165) is 20.6 Å². The molecule has 0 saturated carbocycles. The van der Waals surface area contributed by atoms with Crippen molar-refractivity contribution >= 4 is 51.9 Å². The number of fused-ring (bicyclic) bond motifs is 3. The molecule has 0 amide bonds. The fourth-order valence-corrected chi connectivity index (χ4v) is 3.27. The molecule has 0 aromatic carbocycles. The van der Waals surface area contributed by atoms with Gasteiger partial charge in [0.25, 0.3) is 0 Å². The Morgan fingerprint density at radius 1 is 0.929 bits per heavy atom. The molecule has 0 fully saturated rings. The number of aromatic nitrogens is 2. The van der Waals surface area contributed by atoms with Crippen LogP contribution in [0.15, 0.2) is 21.3 Å².